The molecule has 2 atom stereocenters. The molecule has 3 amide bonds. The van der Waals surface area contributed by atoms with E-state index in [1.807, 2.05) is 23.1 Å². The van der Waals surface area contributed by atoms with Crippen molar-refractivity contribution in [2.24, 2.45) is 11.8 Å². The van der Waals surface area contributed by atoms with Crippen LogP contribution in [0.3, 0.4) is 0 Å². The maximum absolute atomic E-state index is 13.3. The molecule has 2 aromatic rings. The van der Waals surface area contributed by atoms with Gasteiger partial charge in [0.2, 0.25) is 0 Å². The molecule has 0 aromatic heterocycles. The summed E-state index contributed by atoms with van der Waals surface area (Å²) in [5, 5.41) is 6.56. The Labute approximate surface area is 211 Å². The zero-order valence-corrected chi connectivity index (χ0v) is 21.3. The molecule has 0 aliphatic carbocycles. The molecular weight excluding hydrogens is 471 g/mol. The van der Waals surface area contributed by atoms with E-state index >= 15 is 0 Å². The van der Waals surface area contributed by atoms with Crippen LogP contribution in [0.1, 0.15) is 49.9 Å². The summed E-state index contributed by atoms with van der Waals surface area (Å²) in [5.41, 5.74) is 2.69. The van der Waals surface area contributed by atoms with Crippen molar-refractivity contribution in [3.05, 3.63) is 52.0 Å². The van der Waals surface area contributed by atoms with Crippen LogP contribution in [0.2, 0.25) is 10.0 Å². The highest BCUT2D eigenvalue weighted by Crippen LogP contribution is 2.32. The van der Waals surface area contributed by atoms with Crippen LogP contribution in [0.25, 0.3) is 0 Å². The number of piperidine rings is 2. The van der Waals surface area contributed by atoms with Gasteiger partial charge >= 0.3 is 6.03 Å². The van der Waals surface area contributed by atoms with E-state index in [0.29, 0.717) is 38.8 Å². The molecule has 0 bridgehead atoms. The van der Waals surface area contributed by atoms with Crippen molar-refractivity contribution in [1.29, 1.82) is 0 Å². The Kier molecular flexibility index (Phi) is 7.89. The number of nitrogens with one attached hydrogen (secondary N) is 2. The summed E-state index contributed by atoms with van der Waals surface area (Å²) in [4.78, 5) is 30.4. The Bertz CT molecular complexity index is 1050. The first kappa shape index (κ1) is 24.7. The summed E-state index contributed by atoms with van der Waals surface area (Å²) in [6.45, 7) is 7.76. The van der Waals surface area contributed by atoms with Crippen LogP contribution in [0, 0.1) is 11.8 Å². The van der Waals surface area contributed by atoms with Crippen LogP contribution in [0.4, 0.5) is 21.9 Å². The van der Waals surface area contributed by atoms with E-state index < -0.39 is 6.03 Å². The maximum atomic E-state index is 13.3. The van der Waals surface area contributed by atoms with Gasteiger partial charge < -0.3 is 20.4 Å². The average Bonchev–Trinajstić information content (AvgIpc) is 2.81. The molecule has 0 radical (unpaired) electrons. The number of urea groups is 1. The fraction of sp³-hybridized carbons (Fsp3) is 0.462. The standard InChI is InChI=1S/C26H32Cl2N4O2/c1-17-12-18(2)16-32(15-17)25(33)19-6-9-24(31-10-4-3-5-11-31)23(13-19)30-26(34)29-20-7-8-21(27)22(28)14-20/h6-9,13-14,17-18H,3-5,10-12,15-16H2,1-2H3,(H2,29,30,34)/t17-,18-/m0/s1. The molecule has 182 valence electrons. The number of anilines is 3. The van der Waals surface area contributed by atoms with Crippen molar-refractivity contribution in [2.45, 2.75) is 39.5 Å². The summed E-state index contributed by atoms with van der Waals surface area (Å²) in [6, 6.07) is 10.2. The van der Waals surface area contributed by atoms with Gasteiger partial charge in [0.05, 0.1) is 21.4 Å². The minimum atomic E-state index is -0.401. The maximum Gasteiger partial charge on any atom is 0.323 e. The van der Waals surface area contributed by atoms with E-state index in [1.54, 1.807) is 18.2 Å². The number of carbonyl (C=O) groups excluding carboxylic acids is 2. The number of nitrogens with zero attached hydrogens (tertiary/aromatic N) is 2. The van der Waals surface area contributed by atoms with Crippen LogP contribution in [0.15, 0.2) is 36.4 Å². The van der Waals surface area contributed by atoms with Crippen molar-refractivity contribution in [3.8, 4) is 0 Å². The van der Waals surface area contributed by atoms with Crippen molar-refractivity contribution >= 4 is 52.2 Å². The van der Waals surface area contributed by atoms with Crippen LogP contribution < -0.4 is 15.5 Å². The lowest BCUT2D eigenvalue weighted by molar-refractivity contribution is 0.0623. The molecular formula is C26H32Cl2N4O2. The SMILES string of the molecule is C[C@H]1C[C@H](C)CN(C(=O)c2ccc(N3CCCCC3)c(NC(=O)Nc3ccc(Cl)c(Cl)c3)c2)C1. The first-order valence-electron chi connectivity index (χ1n) is 12.0. The second-order valence-electron chi connectivity index (χ2n) is 9.64. The molecule has 2 aromatic carbocycles. The van der Waals surface area contributed by atoms with Crippen LogP contribution in [0.5, 0.6) is 0 Å². The van der Waals surface area contributed by atoms with E-state index in [9.17, 15) is 9.59 Å². The van der Waals surface area contributed by atoms with Gasteiger partial charge in [-0.25, -0.2) is 4.79 Å². The Hall–Kier alpha value is -2.44. The molecule has 4 rings (SSSR count). The van der Waals surface area contributed by atoms with Crippen LogP contribution in [-0.4, -0.2) is 43.0 Å². The van der Waals surface area contributed by atoms with Gasteiger partial charge in [0.25, 0.3) is 5.91 Å². The third kappa shape index (κ3) is 5.97. The first-order chi connectivity index (χ1) is 16.3. The van der Waals surface area contributed by atoms with Crippen LogP contribution in [-0.2, 0) is 0 Å². The van der Waals surface area contributed by atoms with Gasteiger partial charge in [-0.15, -0.1) is 0 Å². The molecule has 2 N–H and O–H groups in total. The molecule has 0 unspecified atom stereocenters. The van der Waals surface area contributed by atoms with E-state index in [4.69, 9.17) is 23.2 Å². The monoisotopic (exact) mass is 502 g/mol. The zero-order chi connectivity index (χ0) is 24.2. The Morgan fingerprint density at radius 1 is 0.882 bits per heavy atom. The number of hydrogen-bond acceptors (Lipinski definition) is 3. The summed E-state index contributed by atoms with van der Waals surface area (Å²) in [5.74, 6) is 0.973. The van der Waals surface area contributed by atoms with Crippen molar-refractivity contribution in [2.75, 3.05) is 41.7 Å². The molecule has 8 heteroatoms. The molecule has 2 fully saturated rings. The Morgan fingerprint density at radius 3 is 2.26 bits per heavy atom. The highest BCUT2D eigenvalue weighted by molar-refractivity contribution is 6.42. The fourth-order valence-electron chi connectivity index (χ4n) is 5.05. The molecule has 34 heavy (non-hydrogen) atoms. The predicted molar refractivity (Wildman–Crippen MR) is 140 cm³/mol. The molecule has 2 aliphatic heterocycles. The fourth-order valence-corrected chi connectivity index (χ4v) is 5.35. The van der Waals surface area contributed by atoms with Gasteiger partial charge in [0.15, 0.2) is 0 Å². The second kappa shape index (κ2) is 10.9. The van der Waals surface area contributed by atoms with Gasteiger partial charge in [-0.3, -0.25) is 4.79 Å². The lowest BCUT2D eigenvalue weighted by atomic mass is 9.91. The minimum Gasteiger partial charge on any atom is -0.370 e. The number of benzene rings is 2. The molecule has 2 aliphatic rings. The number of halogens is 2. The molecule has 0 spiro atoms. The quantitative estimate of drug-likeness (QED) is 0.485. The summed E-state index contributed by atoms with van der Waals surface area (Å²) >= 11 is 12.1. The van der Waals surface area contributed by atoms with E-state index in [-0.39, 0.29) is 5.91 Å². The minimum absolute atomic E-state index is 0.0107. The Balaban J connectivity index is 1.57. The van der Waals surface area contributed by atoms with Crippen molar-refractivity contribution in [1.82, 2.24) is 4.90 Å². The van der Waals surface area contributed by atoms with Gasteiger partial charge in [0.1, 0.15) is 0 Å². The third-order valence-corrected chi connectivity index (χ3v) is 7.26. The topological polar surface area (TPSA) is 64.7 Å². The molecule has 2 heterocycles. The van der Waals surface area contributed by atoms with E-state index in [1.165, 1.54) is 6.42 Å². The van der Waals surface area contributed by atoms with Gasteiger partial charge in [-0.2, -0.15) is 0 Å². The lowest BCUT2D eigenvalue weighted by Gasteiger charge is -2.35. The predicted octanol–water partition coefficient (Wildman–Crippen LogP) is 6.75. The number of likely N-dealkylation sites (tertiary alicyclic amines) is 1. The van der Waals surface area contributed by atoms with Gasteiger partial charge in [0, 0.05) is 37.4 Å². The largest absolute Gasteiger partial charge is 0.370 e. The normalized spacial score (nSPS) is 20.7. The van der Waals surface area contributed by atoms with Crippen LogP contribution >= 0.6 is 23.2 Å². The highest BCUT2D eigenvalue weighted by atomic mass is 35.5. The van der Waals surface area contributed by atoms with Gasteiger partial charge in [-0.05, 0) is 73.9 Å². The third-order valence-electron chi connectivity index (χ3n) is 6.52. The Morgan fingerprint density at radius 2 is 1.59 bits per heavy atom. The number of hydrogen-bond donors (Lipinski definition) is 2. The smallest absolute Gasteiger partial charge is 0.323 e. The van der Waals surface area contributed by atoms with Crippen molar-refractivity contribution < 1.29 is 9.59 Å². The number of amides is 3. The summed E-state index contributed by atoms with van der Waals surface area (Å²) in [7, 11) is 0. The molecule has 6 nitrogen and oxygen atoms in total. The number of carbonyl (C=O) groups is 2. The van der Waals surface area contributed by atoms with Gasteiger partial charge in [-0.1, -0.05) is 37.0 Å². The average molecular weight is 503 g/mol. The lowest BCUT2D eigenvalue weighted by Crippen LogP contribution is -2.42. The first-order valence-corrected chi connectivity index (χ1v) is 12.8. The van der Waals surface area contributed by atoms with E-state index in [2.05, 4.69) is 29.4 Å². The van der Waals surface area contributed by atoms with Crippen molar-refractivity contribution in [3.63, 3.8) is 0 Å². The zero-order valence-electron chi connectivity index (χ0n) is 19.7. The van der Waals surface area contributed by atoms with E-state index in [0.717, 1.165) is 51.1 Å². The number of rotatable bonds is 4. The summed E-state index contributed by atoms with van der Waals surface area (Å²) < 4.78 is 0. The highest BCUT2D eigenvalue weighted by Gasteiger charge is 2.27. The summed E-state index contributed by atoms with van der Waals surface area (Å²) in [6.07, 6.45) is 4.57. The molecule has 2 saturated heterocycles. The second-order valence-corrected chi connectivity index (χ2v) is 10.5. The molecule has 0 saturated carbocycles.